The molecule has 146 valence electrons. The summed E-state index contributed by atoms with van der Waals surface area (Å²) in [6, 6.07) is 17.0. The zero-order valence-electron chi connectivity index (χ0n) is 16.0. The molecule has 2 aromatic heterocycles. The lowest BCUT2D eigenvalue weighted by Gasteiger charge is -2.21. The van der Waals surface area contributed by atoms with Gasteiger partial charge in [0, 0.05) is 17.0 Å². The Hall–Kier alpha value is -3.67. The second-order valence-electron chi connectivity index (χ2n) is 6.60. The van der Waals surface area contributed by atoms with Crippen molar-refractivity contribution in [2.24, 2.45) is 0 Å². The summed E-state index contributed by atoms with van der Waals surface area (Å²) in [5, 5.41) is 1.97. The molecular formula is C23H20N2O4. The van der Waals surface area contributed by atoms with Crippen LogP contribution in [-0.2, 0) is 20.7 Å². The molecule has 4 aromatic rings. The topological polar surface area (TPSA) is 72.6 Å². The second-order valence-corrected chi connectivity index (χ2v) is 6.60. The van der Waals surface area contributed by atoms with Crippen LogP contribution in [0.2, 0.25) is 0 Å². The predicted molar refractivity (Wildman–Crippen MR) is 111 cm³/mol. The first-order valence-electron chi connectivity index (χ1n) is 9.42. The molecular weight excluding hydrogens is 368 g/mol. The summed E-state index contributed by atoms with van der Waals surface area (Å²) in [6.45, 7) is 1.84. The number of amides is 1. The minimum atomic E-state index is -0.457. The summed E-state index contributed by atoms with van der Waals surface area (Å²) in [6.07, 6.45) is 3.32. The number of para-hydroxylation sites is 1. The molecule has 0 saturated carbocycles. The molecule has 1 amide bonds. The molecule has 6 nitrogen and oxygen atoms in total. The number of aromatic nitrogens is 1. The maximum absolute atomic E-state index is 13.1. The van der Waals surface area contributed by atoms with Gasteiger partial charge in [0.15, 0.2) is 0 Å². The van der Waals surface area contributed by atoms with Crippen molar-refractivity contribution in [2.75, 3.05) is 18.1 Å². The van der Waals surface area contributed by atoms with E-state index in [1.165, 1.54) is 4.90 Å². The van der Waals surface area contributed by atoms with Crippen molar-refractivity contribution in [3.63, 3.8) is 0 Å². The van der Waals surface area contributed by atoms with Gasteiger partial charge in [-0.25, -0.2) is 0 Å². The summed E-state index contributed by atoms with van der Waals surface area (Å²) in [7, 11) is 0. The van der Waals surface area contributed by atoms with Gasteiger partial charge in [0.2, 0.25) is 5.91 Å². The van der Waals surface area contributed by atoms with Gasteiger partial charge in [-0.05, 0) is 42.8 Å². The van der Waals surface area contributed by atoms with E-state index in [9.17, 15) is 9.59 Å². The molecule has 0 bridgehead atoms. The van der Waals surface area contributed by atoms with Gasteiger partial charge in [-0.3, -0.25) is 19.5 Å². The Bertz CT molecular complexity index is 1170. The van der Waals surface area contributed by atoms with Crippen LogP contribution in [0.15, 0.2) is 71.4 Å². The Kier molecular flexibility index (Phi) is 5.24. The number of furan rings is 1. The number of pyridine rings is 1. The Labute approximate surface area is 167 Å². The van der Waals surface area contributed by atoms with Crippen molar-refractivity contribution >= 4 is 39.5 Å². The molecule has 0 spiro atoms. The Morgan fingerprint density at radius 3 is 2.66 bits per heavy atom. The lowest BCUT2D eigenvalue weighted by molar-refractivity contribution is -0.142. The maximum Gasteiger partial charge on any atom is 0.326 e. The number of carbonyl (C=O) groups excluding carboxylic acids is 2. The number of fused-ring (bicyclic) bond motifs is 3. The van der Waals surface area contributed by atoms with Crippen molar-refractivity contribution in [3.8, 4) is 0 Å². The number of hydrogen-bond acceptors (Lipinski definition) is 5. The molecule has 29 heavy (non-hydrogen) atoms. The van der Waals surface area contributed by atoms with E-state index in [1.807, 2.05) is 42.5 Å². The van der Waals surface area contributed by atoms with Gasteiger partial charge in [0.1, 0.15) is 17.7 Å². The molecule has 0 saturated heterocycles. The van der Waals surface area contributed by atoms with Crippen LogP contribution < -0.4 is 4.90 Å². The van der Waals surface area contributed by atoms with Crippen LogP contribution in [0.5, 0.6) is 0 Å². The molecule has 0 aliphatic carbocycles. The number of nitrogens with zero attached hydrogens (tertiary/aromatic N) is 2. The van der Waals surface area contributed by atoms with E-state index in [0.29, 0.717) is 5.69 Å². The predicted octanol–water partition coefficient (Wildman–Crippen LogP) is 4.12. The maximum atomic E-state index is 13.1. The standard InChI is InChI=1S/C23H20N2O4/c1-2-28-23(27)15-25(17-6-5-11-24-14-17)22(26)13-16-9-10-21-19(12-16)18-7-3-4-8-20(18)29-21/h3-12,14H,2,13,15H2,1H3. The minimum absolute atomic E-state index is 0.143. The van der Waals surface area contributed by atoms with Gasteiger partial charge < -0.3 is 9.15 Å². The Balaban J connectivity index is 1.62. The van der Waals surface area contributed by atoms with E-state index in [4.69, 9.17) is 9.15 Å². The fourth-order valence-corrected chi connectivity index (χ4v) is 3.33. The monoisotopic (exact) mass is 388 g/mol. The first-order valence-corrected chi connectivity index (χ1v) is 9.42. The molecule has 0 N–H and O–H groups in total. The summed E-state index contributed by atoms with van der Waals surface area (Å²) in [4.78, 5) is 30.5. The van der Waals surface area contributed by atoms with Gasteiger partial charge in [-0.15, -0.1) is 0 Å². The molecule has 0 atom stereocenters. The van der Waals surface area contributed by atoms with Crippen LogP contribution in [0.4, 0.5) is 5.69 Å². The number of benzene rings is 2. The SMILES string of the molecule is CCOC(=O)CN(C(=O)Cc1ccc2oc3ccccc3c2c1)c1cccnc1. The second kappa shape index (κ2) is 8.14. The zero-order valence-corrected chi connectivity index (χ0v) is 16.0. The van der Waals surface area contributed by atoms with Crippen LogP contribution in [0.1, 0.15) is 12.5 Å². The molecule has 0 fully saturated rings. The molecule has 0 unspecified atom stereocenters. The quantitative estimate of drug-likeness (QED) is 0.465. The fraction of sp³-hybridized carbons (Fsp3) is 0.174. The van der Waals surface area contributed by atoms with Crippen molar-refractivity contribution in [3.05, 3.63) is 72.6 Å². The van der Waals surface area contributed by atoms with Gasteiger partial charge in [-0.2, -0.15) is 0 Å². The highest BCUT2D eigenvalue weighted by atomic mass is 16.5. The van der Waals surface area contributed by atoms with Crippen LogP contribution in [-0.4, -0.2) is 30.0 Å². The molecule has 0 aliphatic rings. The first kappa shape index (κ1) is 18.7. The van der Waals surface area contributed by atoms with Crippen molar-refractivity contribution in [1.29, 1.82) is 0 Å². The number of rotatable bonds is 6. The smallest absolute Gasteiger partial charge is 0.326 e. The van der Waals surface area contributed by atoms with E-state index >= 15 is 0 Å². The third kappa shape index (κ3) is 3.96. The average Bonchev–Trinajstić information content (AvgIpc) is 3.11. The molecule has 0 aliphatic heterocycles. The van der Waals surface area contributed by atoms with E-state index < -0.39 is 5.97 Å². The lowest BCUT2D eigenvalue weighted by atomic mass is 10.1. The number of anilines is 1. The van der Waals surface area contributed by atoms with Gasteiger partial charge >= 0.3 is 5.97 Å². The largest absolute Gasteiger partial charge is 0.465 e. The first-order chi connectivity index (χ1) is 14.2. The Morgan fingerprint density at radius 1 is 1.03 bits per heavy atom. The summed E-state index contributed by atoms with van der Waals surface area (Å²) in [5.41, 5.74) is 2.98. The third-order valence-electron chi connectivity index (χ3n) is 4.65. The van der Waals surface area contributed by atoms with Crippen molar-refractivity contribution < 1.29 is 18.7 Å². The third-order valence-corrected chi connectivity index (χ3v) is 4.65. The van der Waals surface area contributed by atoms with E-state index in [1.54, 1.807) is 31.5 Å². The van der Waals surface area contributed by atoms with Crippen LogP contribution in [0.3, 0.4) is 0 Å². The number of carbonyl (C=O) groups is 2. The molecule has 0 radical (unpaired) electrons. The summed E-state index contributed by atoms with van der Waals surface area (Å²) < 4.78 is 10.9. The minimum Gasteiger partial charge on any atom is -0.465 e. The lowest BCUT2D eigenvalue weighted by Crippen LogP contribution is -2.37. The van der Waals surface area contributed by atoms with E-state index in [2.05, 4.69) is 4.98 Å². The van der Waals surface area contributed by atoms with Crippen molar-refractivity contribution in [1.82, 2.24) is 4.98 Å². The summed E-state index contributed by atoms with van der Waals surface area (Å²) in [5.74, 6) is -0.667. The normalized spacial score (nSPS) is 10.9. The van der Waals surface area contributed by atoms with E-state index in [-0.39, 0.29) is 25.5 Å². The van der Waals surface area contributed by atoms with Crippen LogP contribution >= 0.6 is 0 Å². The van der Waals surface area contributed by atoms with Crippen LogP contribution in [0.25, 0.3) is 21.9 Å². The highest BCUT2D eigenvalue weighted by Crippen LogP contribution is 2.29. The molecule has 2 heterocycles. The molecule has 4 rings (SSSR count). The van der Waals surface area contributed by atoms with Gasteiger partial charge in [0.25, 0.3) is 0 Å². The van der Waals surface area contributed by atoms with Gasteiger partial charge in [-0.1, -0.05) is 24.3 Å². The van der Waals surface area contributed by atoms with E-state index in [0.717, 1.165) is 27.5 Å². The number of esters is 1. The Morgan fingerprint density at radius 2 is 1.86 bits per heavy atom. The molecule has 6 heteroatoms. The van der Waals surface area contributed by atoms with Gasteiger partial charge in [0.05, 0.1) is 24.9 Å². The average molecular weight is 388 g/mol. The number of ether oxygens (including phenoxy) is 1. The molecule has 2 aromatic carbocycles. The zero-order chi connectivity index (χ0) is 20.2. The fourth-order valence-electron chi connectivity index (χ4n) is 3.33. The highest BCUT2D eigenvalue weighted by molar-refractivity contribution is 6.05. The summed E-state index contributed by atoms with van der Waals surface area (Å²) >= 11 is 0. The number of hydrogen-bond donors (Lipinski definition) is 0. The van der Waals surface area contributed by atoms with Crippen LogP contribution in [0, 0.1) is 0 Å². The highest BCUT2D eigenvalue weighted by Gasteiger charge is 2.21. The van der Waals surface area contributed by atoms with Crippen molar-refractivity contribution in [2.45, 2.75) is 13.3 Å².